The zero-order chi connectivity index (χ0) is 20.7. The molecule has 2 aromatic carbocycles. The van der Waals surface area contributed by atoms with Crippen LogP contribution in [0.5, 0.6) is 5.75 Å². The number of benzene rings is 2. The predicted molar refractivity (Wildman–Crippen MR) is 122 cm³/mol. The summed E-state index contributed by atoms with van der Waals surface area (Å²) in [4.78, 5) is 12.1. The van der Waals surface area contributed by atoms with Gasteiger partial charge < -0.3 is 10.1 Å². The SMILES string of the molecule is CCS(=O)(=O)Nc1ccc(NC(=O)COc2ccc(C3SCCCS3)cc2)cc1. The summed E-state index contributed by atoms with van der Waals surface area (Å²) in [7, 11) is -3.32. The quantitative estimate of drug-likeness (QED) is 0.620. The molecular weight excluding hydrogens is 428 g/mol. The van der Waals surface area contributed by atoms with E-state index in [9.17, 15) is 13.2 Å². The van der Waals surface area contributed by atoms with Gasteiger partial charge in [-0.15, -0.1) is 23.5 Å². The highest BCUT2D eigenvalue weighted by molar-refractivity contribution is 8.16. The largest absolute Gasteiger partial charge is 0.484 e. The van der Waals surface area contributed by atoms with Gasteiger partial charge in [0.15, 0.2) is 6.61 Å². The van der Waals surface area contributed by atoms with Crippen molar-refractivity contribution in [2.45, 2.75) is 17.9 Å². The number of carbonyl (C=O) groups excluding carboxylic acids is 1. The molecule has 0 unspecified atom stereocenters. The van der Waals surface area contributed by atoms with E-state index in [4.69, 9.17) is 4.74 Å². The molecule has 0 spiro atoms. The van der Waals surface area contributed by atoms with Crippen molar-refractivity contribution in [3.05, 3.63) is 54.1 Å². The first-order valence-electron chi connectivity index (χ1n) is 9.31. The van der Waals surface area contributed by atoms with Gasteiger partial charge in [-0.05, 0) is 66.8 Å². The van der Waals surface area contributed by atoms with E-state index in [1.54, 1.807) is 31.2 Å². The number of hydrogen-bond acceptors (Lipinski definition) is 6. The van der Waals surface area contributed by atoms with Gasteiger partial charge in [0.25, 0.3) is 5.91 Å². The number of anilines is 2. The van der Waals surface area contributed by atoms with E-state index in [-0.39, 0.29) is 18.3 Å². The number of rotatable bonds is 8. The fraction of sp³-hybridized carbons (Fsp3) is 0.350. The van der Waals surface area contributed by atoms with Gasteiger partial charge >= 0.3 is 0 Å². The molecule has 0 aliphatic carbocycles. The van der Waals surface area contributed by atoms with Crippen molar-refractivity contribution in [1.82, 2.24) is 0 Å². The van der Waals surface area contributed by atoms with E-state index in [1.807, 2.05) is 35.7 Å². The number of amides is 1. The molecule has 1 fully saturated rings. The number of nitrogens with one attached hydrogen (secondary N) is 2. The van der Waals surface area contributed by atoms with Gasteiger partial charge in [-0.3, -0.25) is 9.52 Å². The van der Waals surface area contributed by atoms with E-state index >= 15 is 0 Å². The molecular formula is C20H24N2O4S3. The summed E-state index contributed by atoms with van der Waals surface area (Å²) < 4.78 is 31.6. The van der Waals surface area contributed by atoms with Crippen LogP contribution >= 0.6 is 23.5 Å². The van der Waals surface area contributed by atoms with Crippen LogP contribution in [0.25, 0.3) is 0 Å². The monoisotopic (exact) mass is 452 g/mol. The zero-order valence-electron chi connectivity index (χ0n) is 16.1. The van der Waals surface area contributed by atoms with Crippen LogP contribution in [0.15, 0.2) is 48.5 Å². The average Bonchev–Trinajstić information content (AvgIpc) is 2.74. The van der Waals surface area contributed by atoms with E-state index < -0.39 is 10.0 Å². The third kappa shape index (κ3) is 6.87. The molecule has 0 aromatic heterocycles. The predicted octanol–water partition coefficient (Wildman–Crippen LogP) is 4.33. The molecule has 0 saturated carbocycles. The second kappa shape index (κ2) is 10.3. The van der Waals surface area contributed by atoms with Crippen LogP contribution in [0.2, 0.25) is 0 Å². The molecule has 156 valence electrons. The Balaban J connectivity index is 1.47. The third-order valence-electron chi connectivity index (χ3n) is 4.17. The third-order valence-corrected chi connectivity index (χ3v) is 8.49. The van der Waals surface area contributed by atoms with E-state index in [1.165, 1.54) is 23.5 Å². The van der Waals surface area contributed by atoms with Crippen molar-refractivity contribution in [2.75, 3.05) is 33.9 Å². The molecule has 2 N–H and O–H groups in total. The van der Waals surface area contributed by atoms with Crippen molar-refractivity contribution in [2.24, 2.45) is 0 Å². The van der Waals surface area contributed by atoms with Crippen molar-refractivity contribution in [1.29, 1.82) is 0 Å². The molecule has 0 atom stereocenters. The Labute approximate surface area is 180 Å². The van der Waals surface area contributed by atoms with Gasteiger partial charge in [-0.2, -0.15) is 0 Å². The van der Waals surface area contributed by atoms with Gasteiger partial charge in [-0.25, -0.2) is 8.42 Å². The maximum absolute atomic E-state index is 12.1. The van der Waals surface area contributed by atoms with E-state index in [0.29, 0.717) is 21.7 Å². The topological polar surface area (TPSA) is 84.5 Å². The molecule has 1 amide bonds. The van der Waals surface area contributed by atoms with Crippen LogP contribution in [-0.2, 0) is 14.8 Å². The highest BCUT2D eigenvalue weighted by Crippen LogP contribution is 2.43. The summed E-state index contributed by atoms with van der Waals surface area (Å²) >= 11 is 3.93. The summed E-state index contributed by atoms with van der Waals surface area (Å²) in [5, 5.41) is 2.73. The van der Waals surface area contributed by atoms with Crippen molar-refractivity contribution in [3.63, 3.8) is 0 Å². The van der Waals surface area contributed by atoms with E-state index in [0.717, 1.165) is 0 Å². The number of hydrogen-bond donors (Lipinski definition) is 2. The Kier molecular flexibility index (Phi) is 7.74. The molecule has 1 aliphatic heterocycles. The van der Waals surface area contributed by atoms with Crippen molar-refractivity contribution >= 4 is 50.8 Å². The van der Waals surface area contributed by atoms with Crippen LogP contribution in [0.1, 0.15) is 23.5 Å². The van der Waals surface area contributed by atoms with Gasteiger partial charge in [0, 0.05) is 11.4 Å². The Morgan fingerprint density at radius 1 is 1.03 bits per heavy atom. The van der Waals surface area contributed by atoms with Gasteiger partial charge in [0.2, 0.25) is 10.0 Å². The molecule has 1 heterocycles. The average molecular weight is 453 g/mol. The molecule has 0 radical (unpaired) electrons. The first-order valence-corrected chi connectivity index (χ1v) is 13.1. The highest BCUT2D eigenvalue weighted by Gasteiger charge is 2.16. The zero-order valence-corrected chi connectivity index (χ0v) is 18.5. The maximum atomic E-state index is 12.1. The Morgan fingerprint density at radius 2 is 1.66 bits per heavy atom. The van der Waals surface area contributed by atoms with E-state index in [2.05, 4.69) is 22.2 Å². The number of carbonyl (C=O) groups is 1. The minimum Gasteiger partial charge on any atom is -0.484 e. The van der Waals surface area contributed by atoms with Gasteiger partial charge in [0.1, 0.15) is 5.75 Å². The Bertz CT molecular complexity index is 910. The second-order valence-corrected chi connectivity index (χ2v) is 11.2. The first kappa shape index (κ1) is 21.9. The Morgan fingerprint density at radius 3 is 2.28 bits per heavy atom. The lowest BCUT2D eigenvalue weighted by molar-refractivity contribution is -0.118. The van der Waals surface area contributed by atoms with Crippen LogP contribution in [0.3, 0.4) is 0 Å². The molecule has 1 aliphatic rings. The first-order chi connectivity index (χ1) is 13.9. The van der Waals surface area contributed by atoms with Gasteiger partial charge in [-0.1, -0.05) is 12.1 Å². The van der Waals surface area contributed by atoms with Gasteiger partial charge in [0.05, 0.1) is 10.3 Å². The number of thioether (sulfide) groups is 2. The summed E-state index contributed by atoms with van der Waals surface area (Å²) in [6.07, 6.45) is 1.26. The molecule has 3 rings (SSSR count). The van der Waals surface area contributed by atoms with Crippen molar-refractivity contribution < 1.29 is 17.9 Å². The van der Waals surface area contributed by atoms with Crippen LogP contribution < -0.4 is 14.8 Å². The normalized spacial score (nSPS) is 14.9. The molecule has 2 aromatic rings. The molecule has 6 nitrogen and oxygen atoms in total. The fourth-order valence-corrected chi connectivity index (χ4v) is 6.15. The minimum absolute atomic E-state index is 0.00212. The lowest BCUT2D eigenvalue weighted by atomic mass is 10.2. The summed E-state index contributed by atoms with van der Waals surface area (Å²) in [5.74, 6) is 2.76. The molecule has 9 heteroatoms. The summed E-state index contributed by atoms with van der Waals surface area (Å²) in [6.45, 7) is 1.47. The molecule has 0 bridgehead atoms. The smallest absolute Gasteiger partial charge is 0.262 e. The van der Waals surface area contributed by atoms with Crippen molar-refractivity contribution in [3.8, 4) is 5.75 Å². The van der Waals surface area contributed by atoms with Crippen LogP contribution in [0.4, 0.5) is 11.4 Å². The number of sulfonamides is 1. The number of ether oxygens (including phenoxy) is 1. The van der Waals surface area contributed by atoms with Crippen LogP contribution in [0, 0.1) is 0 Å². The maximum Gasteiger partial charge on any atom is 0.262 e. The standard InChI is InChI=1S/C20H24N2O4S3/c1-2-29(24,25)22-17-8-6-16(7-9-17)21-19(23)14-26-18-10-4-15(5-11-18)20-27-12-3-13-28-20/h4-11,20,22H,2-3,12-14H2,1H3,(H,21,23). The lowest BCUT2D eigenvalue weighted by Crippen LogP contribution is -2.20. The highest BCUT2D eigenvalue weighted by atomic mass is 32.2. The Hall–Kier alpha value is -1.84. The second-order valence-electron chi connectivity index (χ2n) is 6.42. The van der Waals surface area contributed by atoms with Crippen LogP contribution in [-0.4, -0.2) is 38.2 Å². The minimum atomic E-state index is -3.32. The summed E-state index contributed by atoms with van der Waals surface area (Å²) in [5.41, 5.74) is 2.30. The summed E-state index contributed by atoms with van der Waals surface area (Å²) in [6, 6.07) is 14.4. The lowest BCUT2D eigenvalue weighted by Gasteiger charge is -2.21. The molecule has 29 heavy (non-hydrogen) atoms. The fourth-order valence-electron chi connectivity index (χ4n) is 2.62. The molecule has 1 saturated heterocycles.